The lowest BCUT2D eigenvalue weighted by atomic mass is 10.0. The molecule has 2 atom stereocenters. The normalized spacial score (nSPS) is 16.6. The summed E-state index contributed by atoms with van der Waals surface area (Å²) >= 11 is 1.67. The van der Waals surface area contributed by atoms with Gasteiger partial charge in [-0.25, -0.2) is 4.98 Å². The first-order valence-corrected chi connectivity index (χ1v) is 15.0. The van der Waals surface area contributed by atoms with E-state index in [9.17, 15) is 10.4 Å². The van der Waals surface area contributed by atoms with Crippen molar-refractivity contribution in [1.82, 2.24) is 15.6 Å². The van der Waals surface area contributed by atoms with E-state index in [0.717, 1.165) is 54.1 Å². The van der Waals surface area contributed by atoms with Crippen LogP contribution in [0.3, 0.4) is 0 Å². The van der Waals surface area contributed by atoms with Crippen LogP contribution in [0.5, 0.6) is 5.75 Å². The predicted molar refractivity (Wildman–Crippen MR) is 158 cm³/mol. The van der Waals surface area contributed by atoms with Gasteiger partial charge in [-0.3, -0.25) is 0 Å². The summed E-state index contributed by atoms with van der Waals surface area (Å²) in [6.45, 7) is 5.52. The van der Waals surface area contributed by atoms with Crippen molar-refractivity contribution in [2.24, 2.45) is 0 Å². The van der Waals surface area contributed by atoms with Gasteiger partial charge in [-0.15, -0.1) is 11.3 Å². The molecule has 1 fully saturated rings. The monoisotopic (exact) mass is 542 g/mol. The van der Waals surface area contributed by atoms with Crippen LogP contribution in [0.25, 0.3) is 21.0 Å². The summed E-state index contributed by atoms with van der Waals surface area (Å²) in [4.78, 5) is 5.87. The molecule has 6 nitrogen and oxygen atoms in total. The Morgan fingerprint density at radius 1 is 1.21 bits per heavy atom. The van der Waals surface area contributed by atoms with E-state index in [0.29, 0.717) is 23.9 Å². The van der Waals surface area contributed by atoms with Crippen LogP contribution in [0.15, 0.2) is 54.4 Å². The van der Waals surface area contributed by atoms with Gasteiger partial charge in [-0.1, -0.05) is 23.8 Å². The zero-order valence-electron chi connectivity index (χ0n) is 22.9. The van der Waals surface area contributed by atoms with Crippen LogP contribution in [0.4, 0.5) is 0 Å². The van der Waals surface area contributed by atoms with E-state index in [1.807, 2.05) is 38.2 Å². The van der Waals surface area contributed by atoms with Crippen molar-refractivity contribution >= 4 is 11.3 Å². The summed E-state index contributed by atoms with van der Waals surface area (Å²) in [5.74, 6) is 0.613. The summed E-state index contributed by atoms with van der Waals surface area (Å²) in [7, 11) is 0. The number of nitrogens with zero attached hydrogens (tertiary/aromatic N) is 2. The van der Waals surface area contributed by atoms with Crippen molar-refractivity contribution in [2.45, 2.75) is 77.0 Å². The van der Waals surface area contributed by atoms with Gasteiger partial charge in [-0.2, -0.15) is 5.26 Å². The SMILES string of the molecule is CC(C)Oc1ccc(-c2ncc(-c3cccc4c3CCC4NCCCCC(O)CNC=C3CC3)s2)cc1C#N. The third kappa shape index (κ3) is 7.07. The maximum Gasteiger partial charge on any atom is 0.137 e. The Morgan fingerprint density at radius 2 is 2.08 bits per heavy atom. The van der Waals surface area contributed by atoms with Gasteiger partial charge in [0, 0.05) is 24.3 Å². The molecule has 0 bridgehead atoms. The first kappa shape index (κ1) is 27.4. The molecule has 0 saturated heterocycles. The van der Waals surface area contributed by atoms with E-state index in [4.69, 9.17) is 9.72 Å². The molecule has 0 radical (unpaired) electrons. The molecule has 1 saturated carbocycles. The molecule has 204 valence electrons. The van der Waals surface area contributed by atoms with Gasteiger partial charge in [-0.05, 0) is 106 Å². The first-order chi connectivity index (χ1) is 19.0. The van der Waals surface area contributed by atoms with E-state index >= 15 is 0 Å². The van der Waals surface area contributed by atoms with E-state index < -0.39 is 0 Å². The van der Waals surface area contributed by atoms with E-state index in [1.54, 1.807) is 11.3 Å². The highest BCUT2D eigenvalue weighted by molar-refractivity contribution is 7.18. The first-order valence-electron chi connectivity index (χ1n) is 14.1. The molecule has 2 aliphatic rings. The Balaban J connectivity index is 1.17. The van der Waals surface area contributed by atoms with Gasteiger partial charge in [0.15, 0.2) is 0 Å². The second-order valence-electron chi connectivity index (χ2n) is 10.8. The highest BCUT2D eigenvalue weighted by Gasteiger charge is 2.25. The molecule has 1 heterocycles. The number of nitrogens with one attached hydrogen (secondary N) is 2. The second kappa shape index (κ2) is 12.8. The minimum atomic E-state index is -0.280. The minimum absolute atomic E-state index is 0.0165. The quantitative estimate of drug-likeness (QED) is 0.213. The van der Waals surface area contributed by atoms with Crippen molar-refractivity contribution in [3.8, 4) is 32.8 Å². The van der Waals surface area contributed by atoms with E-state index in [-0.39, 0.29) is 12.2 Å². The molecule has 1 aromatic heterocycles. The third-order valence-corrected chi connectivity index (χ3v) is 8.38. The van der Waals surface area contributed by atoms with Gasteiger partial charge >= 0.3 is 0 Å². The van der Waals surface area contributed by atoms with Gasteiger partial charge in [0.2, 0.25) is 0 Å². The van der Waals surface area contributed by atoms with Crippen molar-refractivity contribution in [3.63, 3.8) is 0 Å². The maximum atomic E-state index is 10.2. The lowest BCUT2D eigenvalue weighted by molar-refractivity contribution is 0.162. The average Bonchev–Trinajstić information content (AvgIpc) is 3.45. The molecular formula is C32H38N4O2S. The number of thiazole rings is 1. The number of allylic oxidation sites excluding steroid dienone is 1. The van der Waals surface area contributed by atoms with Crippen molar-refractivity contribution < 1.29 is 9.84 Å². The van der Waals surface area contributed by atoms with Crippen LogP contribution in [0, 0.1) is 11.3 Å². The number of unbranched alkanes of at least 4 members (excludes halogenated alkanes) is 1. The number of hydrogen-bond donors (Lipinski definition) is 3. The predicted octanol–water partition coefficient (Wildman–Crippen LogP) is 6.51. The Bertz CT molecular complexity index is 1350. The number of fused-ring (bicyclic) bond motifs is 1. The number of hydrogen-bond acceptors (Lipinski definition) is 7. The number of aliphatic hydroxyl groups excluding tert-OH is 1. The zero-order valence-corrected chi connectivity index (χ0v) is 23.7. The molecule has 0 amide bonds. The smallest absolute Gasteiger partial charge is 0.137 e. The van der Waals surface area contributed by atoms with E-state index in [1.165, 1.54) is 35.1 Å². The molecule has 0 spiro atoms. The van der Waals surface area contributed by atoms with Gasteiger partial charge in [0.05, 0.1) is 22.6 Å². The number of ether oxygens (including phenoxy) is 1. The van der Waals surface area contributed by atoms with Crippen molar-refractivity contribution in [2.75, 3.05) is 13.1 Å². The van der Waals surface area contributed by atoms with Crippen molar-refractivity contribution in [1.29, 1.82) is 5.26 Å². The number of nitriles is 1. The fraction of sp³-hybridized carbons (Fsp3) is 0.438. The van der Waals surface area contributed by atoms with Crippen LogP contribution in [-0.2, 0) is 6.42 Å². The third-order valence-electron chi connectivity index (χ3n) is 7.30. The Hall–Kier alpha value is -3.18. The van der Waals surface area contributed by atoms with Crippen LogP contribution >= 0.6 is 11.3 Å². The lowest BCUT2D eigenvalue weighted by Crippen LogP contribution is -2.24. The maximum absolute atomic E-state index is 10.2. The number of aromatic nitrogens is 1. The molecule has 2 unspecified atom stereocenters. The highest BCUT2D eigenvalue weighted by atomic mass is 32.1. The van der Waals surface area contributed by atoms with Crippen LogP contribution < -0.4 is 15.4 Å². The van der Waals surface area contributed by atoms with Crippen molar-refractivity contribution in [3.05, 3.63) is 71.1 Å². The molecular weight excluding hydrogens is 504 g/mol. The molecule has 5 rings (SSSR count). The summed E-state index contributed by atoms with van der Waals surface area (Å²) in [5, 5.41) is 27.7. The zero-order chi connectivity index (χ0) is 27.2. The number of aliphatic hydroxyl groups is 1. The molecule has 2 aromatic carbocycles. The largest absolute Gasteiger partial charge is 0.490 e. The molecule has 7 heteroatoms. The Kier molecular flexibility index (Phi) is 8.98. The summed E-state index contributed by atoms with van der Waals surface area (Å²) in [6, 6.07) is 15.0. The topological polar surface area (TPSA) is 90.2 Å². The molecule has 3 N–H and O–H groups in total. The van der Waals surface area contributed by atoms with E-state index in [2.05, 4.69) is 41.1 Å². The molecule has 39 heavy (non-hydrogen) atoms. The lowest BCUT2D eigenvalue weighted by Gasteiger charge is -2.15. The van der Waals surface area contributed by atoms with Crippen LogP contribution in [0.1, 0.15) is 75.1 Å². The average molecular weight is 543 g/mol. The fourth-order valence-electron chi connectivity index (χ4n) is 5.18. The molecule has 2 aliphatic carbocycles. The minimum Gasteiger partial charge on any atom is -0.490 e. The summed E-state index contributed by atoms with van der Waals surface area (Å²) in [5.41, 5.74) is 6.99. The van der Waals surface area contributed by atoms with Gasteiger partial charge < -0.3 is 20.5 Å². The Morgan fingerprint density at radius 3 is 2.87 bits per heavy atom. The molecule has 0 aliphatic heterocycles. The summed E-state index contributed by atoms with van der Waals surface area (Å²) < 4.78 is 5.78. The second-order valence-corrected chi connectivity index (χ2v) is 11.8. The summed E-state index contributed by atoms with van der Waals surface area (Å²) in [6.07, 6.45) is 11.2. The van der Waals surface area contributed by atoms with Crippen LogP contribution in [-0.4, -0.2) is 35.4 Å². The highest BCUT2D eigenvalue weighted by Crippen LogP contribution is 2.41. The van der Waals surface area contributed by atoms with Gasteiger partial charge in [0.25, 0.3) is 0 Å². The molecule has 3 aromatic rings. The fourth-order valence-corrected chi connectivity index (χ4v) is 6.14. The van der Waals surface area contributed by atoms with Crippen LogP contribution in [0.2, 0.25) is 0 Å². The Labute approximate surface area is 235 Å². The standard InChI is InChI=1S/C32H38N4O2S/c1-21(2)38-30-14-11-23(16-24(30)17-33)32-36-20-31(39-32)28-8-5-7-27-26(28)12-13-29(27)35-15-4-3-6-25(37)19-34-18-22-9-10-22/h5,7-8,11,14,16,18,20-21,25,29,34-35,37H,3-4,6,9-10,12-13,15,19H2,1-2H3. The number of benzene rings is 2. The van der Waals surface area contributed by atoms with Gasteiger partial charge in [0.1, 0.15) is 16.8 Å². The number of rotatable bonds is 13.